The maximum atomic E-state index is 12.5. The van der Waals surface area contributed by atoms with E-state index in [0.717, 1.165) is 112 Å². The van der Waals surface area contributed by atoms with E-state index < -0.39 is 0 Å². The lowest BCUT2D eigenvalue weighted by molar-refractivity contribution is 0.521. The first-order valence-corrected chi connectivity index (χ1v) is 23.7. The standard InChI is InChI=1S/3C19H18N2O2/c3*22-17-13-18(21-11-9-20-10-12-21)23-19-15(7-4-8-16(17)19)14-5-2-1-3-6-14/h3*1-8,13,20H,9-12H2. The Balaban J connectivity index is 0.000000120. The quantitative estimate of drug-likeness (QED) is 0.147. The second kappa shape index (κ2) is 21.0. The average molecular weight is 919 g/mol. The van der Waals surface area contributed by atoms with Gasteiger partial charge in [-0.05, 0) is 34.9 Å². The van der Waals surface area contributed by atoms with E-state index in [2.05, 4.69) is 30.7 Å². The highest BCUT2D eigenvalue weighted by atomic mass is 16.4. The lowest BCUT2D eigenvalue weighted by Gasteiger charge is -2.27. The van der Waals surface area contributed by atoms with Crippen LogP contribution >= 0.6 is 0 Å². The van der Waals surface area contributed by atoms with Crippen molar-refractivity contribution >= 4 is 50.6 Å². The predicted octanol–water partition coefficient (Wildman–Crippen LogP) is 8.61. The molecule has 3 aliphatic heterocycles. The van der Waals surface area contributed by atoms with Crippen LogP contribution in [-0.4, -0.2) is 78.5 Å². The summed E-state index contributed by atoms with van der Waals surface area (Å²) in [6, 6.07) is 52.2. The van der Waals surface area contributed by atoms with Gasteiger partial charge in [-0.2, -0.15) is 0 Å². The highest BCUT2D eigenvalue weighted by Crippen LogP contribution is 2.33. The molecule has 6 aromatic carbocycles. The Hall–Kier alpha value is -7.77. The molecule has 3 N–H and O–H groups in total. The first kappa shape index (κ1) is 45.0. The van der Waals surface area contributed by atoms with Crippen molar-refractivity contribution < 1.29 is 13.3 Å². The molecule has 0 radical (unpaired) electrons. The maximum absolute atomic E-state index is 12.5. The van der Waals surface area contributed by atoms with Gasteiger partial charge >= 0.3 is 0 Å². The fraction of sp³-hybridized carbons (Fsp3) is 0.211. The molecule has 3 aromatic heterocycles. The van der Waals surface area contributed by atoms with Crippen molar-refractivity contribution in [2.45, 2.75) is 0 Å². The van der Waals surface area contributed by atoms with Gasteiger partial charge in [0.05, 0.1) is 16.2 Å². The van der Waals surface area contributed by atoms with Gasteiger partial charge in [-0.3, -0.25) is 14.4 Å². The van der Waals surface area contributed by atoms with E-state index in [9.17, 15) is 14.4 Å². The summed E-state index contributed by atoms with van der Waals surface area (Å²) in [5.74, 6) is 1.98. The van der Waals surface area contributed by atoms with Crippen LogP contribution < -0.4 is 46.9 Å². The third-order valence-corrected chi connectivity index (χ3v) is 12.8. The zero-order valence-electron chi connectivity index (χ0n) is 38.4. The molecule has 0 bridgehead atoms. The number of hydrogen-bond donors (Lipinski definition) is 3. The highest BCUT2D eigenvalue weighted by Gasteiger charge is 2.20. The SMILES string of the molecule is O=c1cc(N2CCNCC2)oc2c(-c3ccccc3)cccc12.O=c1cc(N2CCNCC2)oc2c(-c3ccccc3)cccc12.O=c1cc(N2CCNCC2)oc2c(-c3ccccc3)cccc12. The van der Waals surface area contributed by atoms with E-state index in [1.165, 1.54) is 0 Å². The number of piperazine rings is 3. The topological polar surface area (TPSA) is 136 Å². The first-order valence-electron chi connectivity index (χ1n) is 23.7. The van der Waals surface area contributed by atoms with Crippen LogP contribution in [0.1, 0.15) is 0 Å². The Bertz CT molecular complexity index is 3000. The summed E-state index contributed by atoms with van der Waals surface area (Å²) < 4.78 is 18.5. The Labute approximate surface area is 399 Å². The number of nitrogens with zero attached hydrogens (tertiary/aromatic N) is 3. The number of para-hydroxylation sites is 3. The molecule has 69 heavy (non-hydrogen) atoms. The predicted molar refractivity (Wildman–Crippen MR) is 279 cm³/mol. The summed E-state index contributed by atoms with van der Waals surface area (Å²) in [7, 11) is 0. The molecule has 0 aliphatic carbocycles. The van der Waals surface area contributed by atoms with Crippen LogP contribution in [0.5, 0.6) is 0 Å². The van der Waals surface area contributed by atoms with Gasteiger partial charge in [0.25, 0.3) is 0 Å². The minimum atomic E-state index is 0.0116. The van der Waals surface area contributed by atoms with Crippen LogP contribution in [0.4, 0.5) is 17.7 Å². The summed E-state index contributed by atoms with van der Waals surface area (Å²) in [4.78, 5) is 43.9. The molecule has 0 amide bonds. The number of rotatable bonds is 6. The van der Waals surface area contributed by atoms with Crippen LogP contribution in [-0.2, 0) is 0 Å². The number of nitrogens with one attached hydrogen (secondary N) is 3. The molecule has 0 atom stereocenters. The highest BCUT2D eigenvalue weighted by molar-refractivity contribution is 5.94. The third-order valence-electron chi connectivity index (χ3n) is 12.8. The molecule has 348 valence electrons. The van der Waals surface area contributed by atoms with Crippen molar-refractivity contribution in [2.75, 3.05) is 93.2 Å². The molecule has 3 aliphatic rings. The van der Waals surface area contributed by atoms with Gasteiger partial charge in [0.1, 0.15) is 16.7 Å². The maximum Gasteiger partial charge on any atom is 0.200 e. The summed E-state index contributed by atoms with van der Waals surface area (Å²) in [6.07, 6.45) is 0. The van der Waals surface area contributed by atoms with Crippen LogP contribution in [0.3, 0.4) is 0 Å². The molecule has 6 heterocycles. The van der Waals surface area contributed by atoms with E-state index in [1.54, 1.807) is 18.2 Å². The Morgan fingerprint density at radius 1 is 0.319 bits per heavy atom. The fourth-order valence-electron chi connectivity index (χ4n) is 9.15. The normalized spacial score (nSPS) is 15.0. The van der Waals surface area contributed by atoms with Crippen LogP contribution in [0.15, 0.2) is 191 Å². The number of anilines is 3. The molecule has 12 nitrogen and oxygen atoms in total. The van der Waals surface area contributed by atoms with Crippen molar-refractivity contribution in [1.82, 2.24) is 16.0 Å². The van der Waals surface area contributed by atoms with E-state index in [-0.39, 0.29) is 16.3 Å². The van der Waals surface area contributed by atoms with Gasteiger partial charge in [-0.15, -0.1) is 0 Å². The zero-order valence-corrected chi connectivity index (χ0v) is 38.4. The largest absolute Gasteiger partial charge is 0.440 e. The summed E-state index contributed by atoms with van der Waals surface area (Å²) in [5, 5.41) is 11.8. The monoisotopic (exact) mass is 918 g/mol. The molecule has 9 aromatic rings. The lowest BCUT2D eigenvalue weighted by atomic mass is 10.0. The van der Waals surface area contributed by atoms with Crippen molar-refractivity contribution in [2.24, 2.45) is 0 Å². The van der Waals surface area contributed by atoms with Gasteiger partial charge in [-0.25, -0.2) is 0 Å². The van der Waals surface area contributed by atoms with Crippen LogP contribution in [0.2, 0.25) is 0 Å². The van der Waals surface area contributed by atoms with Crippen molar-refractivity contribution in [1.29, 1.82) is 0 Å². The second-order valence-corrected chi connectivity index (χ2v) is 17.2. The molecule has 0 spiro atoms. The van der Waals surface area contributed by atoms with E-state index >= 15 is 0 Å². The molecule has 0 unspecified atom stereocenters. The molecule has 3 fully saturated rings. The van der Waals surface area contributed by atoms with E-state index in [4.69, 9.17) is 13.3 Å². The Morgan fingerprint density at radius 3 is 0.841 bits per heavy atom. The van der Waals surface area contributed by atoms with Gasteiger partial charge < -0.3 is 43.9 Å². The molecular formula is C57H54N6O6. The van der Waals surface area contributed by atoms with E-state index in [1.807, 2.05) is 146 Å². The second-order valence-electron chi connectivity index (χ2n) is 17.2. The first-order chi connectivity index (χ1) is 34.0. The molecule has 12 rings (SSSR count). The zero-order chi connectivity index (χ0) is 46.9. The Kier molecular flexibility index (Phi) is 13.7. The molecule has 3 saturated heterocycles. The molecule has 12 heteroatoms. The third kappa shape index (κ3) is 10.1. The minimum absolute atomic E-state index is 0.0116. The van der Waals surface area contributed by atoms with Gasteiger partial charge in [0.2, 0.25) is 0 Å². The summed E-state index contributed by atoms with van der Waals surface area (Å²) >= 11 is 0. The van der Waals surface area contributed by atoms with Crippen molar-refractivity contribution in [3.05, 3.63) is 194 Å². The van der Waals surface area contributed by atoms with Gasteiger partial charge in [0.15, 0.2) is 33.9 Å². The molecule has 0 saturated carbocycles. The van der Waals surface area contributed by atoms with E-state index in [0.29, 0.717) is 50.6 Å². The Morgan fingerprint density at radius 2 is 0.580 bits per heavy atom. The number of fused-ring (bicyclic) bond motifs is 3. The average Bonchev–Trinajstić information content (AvgIpc) is 3.42. The van der Waals surface area contributed by atoms with Gasteiger partial charge in [-0.1, -0.05) is 127 Å². The minimum Gasteiger partial charge on any atom is -0.440 e. The number of benzene rings is 6. The van der Waals surface area contributed by atoms with Crippen LogP contribution in [0.25, 0.3) is 66.3 Å². The van der Waals surface area contributed by atoms with Gasteiger partial charge in [0, 0.05) is 113 Å². The molecular weight excluding hydrogens is 865 g/mol. The smallest absolute Gasteiger partial charge is 0.200 e. The van der Waals surface area contributed by atoms with Crippen molar-refractivity contribution in [3.63, 3.8) is 0 Å². The fourth-order valence-corrected chi connectivity index (χ4v) is 9.15. The summed E-state index contributed by atoms with van der Waals surface area (Å²) in [5.41, 5.74) is 8.06. The van der Waals surface area contributed by atoms with Crippen molar-refractivity contribution in [3.8, 4) is 33.4 Å². The van der Waals surface area contributed by atoms with Crippen LogP contribution in [0, 0.1) is 0 Å². The summed E-state index contributed by atoms with van der Waals surface area (Å²) in [6.45, 7) is 10.5. The lowest BCUT2D eigenvalue weighted by Crippen LogP contribution is -2.43. The number of hydrogen-bond acceptors (Lipinski definition) is 12.